The zero-order chi connectivity index (χ0) is 5.30. The molecule has 0 saturated heterocycles. The molecule has 5 aliphatic rings. The van der Waals surface area contributed by atoms with Crippen LogP contribution in [0.5, 0.6) is 0 Å². The maximum absolute atomic E-state index is 2.44. The summed E-state index contributed by atoms with van der Waals surface area (Å²) in [5.74, 6) is 6.03. The van der Waals surface area contributed by atoms with E-state index in [1.54, 1.807) is 12.8 Å². The molecule has 44 valence electrons. The molecule has 3 atom stereocenters. The fraction of sp³-hybridized carbons (Fsp3) is 1.00. The van der Waals surface area contributed by atoms with Crippen LogP contribution in [0.15, 0.2) is 0 Å². The second-order valence-electron chi connectivity index (χ2n) is 4.02. The third-order valence-corrected chi connectivity index (χ3v) is 3.93. The Morgan fingerprint density at radius 1 is 1.00 bits per heavy atom. The Bertz CT molecular complexity index is 126. The van der Waals surface area contributed by atoms with Crippen molar-refractivity contribution in [2.24, 2.45) is 29.6 Å². The first-order valence-corrected chi connectivity index (χ1v) is 3.88. The van der Waals surface area contributed by atoms with Crippen LogP contribution < -0.4 is 0 Å². The highest BCUT2D eigenvalue weighted by atomic mass is 14.7. The van der Waals surface area contributed by atoms with Gasteiger partial charge in [0.2, 0.25) is 0 Å². The highest BCUT2D eigenvalue weighted by Crippen LogP contribution is 2.73. The Balaban J connectivity index is 2.00. The molecule has 4 bridgehead atoms. The van der Waals surface area contributed by atoms with Gasteiger partial charge in [-0.1, -0.05) is 6.92 Å². The van der Waals surface area contributed by atoms with Crippen LogP contribution in [0.3, 0.4) is 0 Å². The van der Waals surface area contributed by atoms with Crippen LogP contribution >= 0.6 is 0 Å². The zero-order valence-electron chi connectivity index (χ0n) is 5.30. The van der Waals surface area contributed by atoms with Crippen LogP contribution in [-0.4, -0.2) is 0 Å². The van der Waals surface area contributed by atoms with Gasteiger partial charge in [0.1, 0.15) is 0 Å². The molecule has 0 aliphatic heterocycles. The first-order chi connectivity index (χ1) is 3.88. The van der Waals surface area contributed by atoms with Gasteiger partial charge in [0, 0.05) is 0 Å². The summed E-state index contributed by atoms with van der Waals surface area (Å²) < 4.78 is 0. The highest BCUT2D eigenvalue weighted by molar-refractivity contribution is 5.15. The lowest BCUT2D eigenvalue weighted by Crippen LogP contribution is -2.53. The molecule has 0 heteroatoms. The van der Waals surface area contributed by atoms with Crippen LogP contribution in [0, 0.1) is 29.6 Å². The lowest BCUT2D eigenvalue weighted by molar-refractivity contribution is -0.111. The first-order valence-electron chi connectivity index (χ1n) is 3.88. The van der Waals surface area contributed by atoms with E-state index in [1.807, 2.05) is 0 Å². The molecule has 0 aromatic heterocycles. The molecule has 8 heavy (non-hydrogen) atoms. The maximum atomic E-state index is 2.44. The Morgan fingerprint density at radius 3 is 1.88 bits per heavy atom. The molecular formula is C8H12. The molecule has 0 aromatic carbocycles. The van der Waals surface area contributed by atoms with Crippen molar-refractivity contribution in [2.45, 2.75) is 19.8 Å². The van der Waals surface area contributed by atoms with Gasteiger partial charge < -0.3 is 0 Å². The van der Waals surface area contributed by atoms with Crippen LogP contribution in [-0.2, 0) is 0 Å². The second kappa shape index (κ2) is 0.872. The molecule has 5 fully saturated rings. The summed E-state index contributed by atoms with van der Waals surface area (Å²) in [5, 5.41) is 0. The van der Waals surface area contributed by atoms with Crippen molar-refractivity contribution < 1.29 is 0 Å². The first kappa shape index (κ1) is 3.92. The van der Waals surface area contributed by atoms with E-state index in [2.05, 4.69) is 6.92 Å². The molecule has 0 aromatic rings. The molecular weight excluding hydrogens is 96.1 g/mol. The fourth-order valence-electron chi connectivity index (χ4n) is 3.43. The molecule has 0 N–H and O–H groups in total. The lowest BCUT2D eigenvalue weighted by Gasteiger charge is -2.59. The average Bonchev–Trinajstić information content (AvgIpc) is 1.83. The largest absolute Gasteiger partial charge is 0.0622 e. The minimum Gasteiger partial charge on any atom is -0.0622 e. The van der Waals surface area contributed by atoms with E-state index in [0.717, 1.165) is 5.92 Å². The van der Waals surface area contributed by atoms with Gasteiger partial charge in [-0.25, -0.2) is 0 Å². The number of rotatable bonds is 0. The number of fused-ring (bicyclic) bond motifs is 1. The normalized spacial score (nSPS) is 73.9. The molecule has 5 saturated carbocycles. The van der Waals surface area contributed by atoms with Crippen molar-refractivity contribution in [3.63, 3.8) is 0 Å². The van der Waals surface area contributed by atoms with Gasteiger partial charge in [-0.15, -0.1) is 0 Å². The average molecular weight is 108 g/mol. The van der Waals surface area contributed by atoms with Crippen LogP contribution in [0.25, 0.3) is 0 Å². The van der Waals surface area contributed by atoms with Crippen molar-refractivity contribution in [1.82, 2.24) is 0 Å². The Kier molecular flexibility index (Phi) is 0.427. The van der Waals surface area contributed by atoms with E-state index in [1.165, 1.54) is 23.7 Å². The fourth-order valence-corrected chi connectivity index (χ4v) is 3.43. The Hall–Kier alpha value is 0. The van der Waals surface area contributed by atoms with Gasteiger partial charge in [-0.3, -0.25) is 0 Å². The van der Waals surface area contributed by atoms with E-state index in [-0.39, 0.29) is 0 Å². The summed E-state index contributed by atoms with van der Waals surface area (Å²) in [6, 6.07) is 0. The summed E-state index contributed by atoms with van der Waals surface area (Å²) in [5.41, 5.74) is 0. The minimum atomic E-state index is 1.11. The van der Waals surface area contributed by atoms with Gasteiger partial charge in [0.05, 0.1) is 0 Å². The Morgan fingerprint density at radius 2 is 1.75 bits per heavy atom. The molecule has 0 heterocycles. The summed E-state index contributed by atoms with van der Waals surface area (Å²) in [4.78, 5) is 0. The van der Waals surface area contributed by atoms with Crippen molar-refractivity contribution >= 4 is 0 Å². The summed E-state index contributed by atoms with van der Waals surface area (Å²) >= 11 is 0. The van der Waals surface area contributed by atoms with E-state index in [9.17, 15) is 0 Å². The molecule has 0 radical (unpaired) electrons. The second-order valence-corrected chi connectivity index (χ2v) is 4.02. The molecule has 5 rings (SSSR count). The van der Waals surface area contributed by atoms with Gasteiger partial charge >= 0.3 is 0 Å². The van der Waals surface area contributed by atoms with E-state index in [4.69, 9.17) is 0 Å². The van der Waals surface area contributed by atoms with Crippen LogP contribution in [0.4, 0.5) is 0 Å². The SMILES string of the molecule is CC1CC2C3CC2C13. The van der Waals surface area contributed by atoms with Crippen molar-refractivity contribution in [3.05, 3.63) is 0 Å². The monoisotopic (exact) mass is 108 g/mol. The molecule has 3 unspecified atom stereocenters. The third kappa shape index (κ3) is 0.191. The van der Waals surface area contributed by atoms with Gasteiger partial charge in [-0.05, 0) is 42.4 Å². The van der Waals surface area contributed by atoms with Crippen molar-refractivity contribution in [2.75, 3.05) is 0 Å². The molecule has 5 aliphatic carbocycles. The van der Waals surface area contributed by atoms with Crippen LogP contribution in [0.1, 0.15) is 19.8 Å². The van der Waals surface area contributed by atoms with Gasteiger partial charge in [-0.2, -0.15) is 0 Å². The summed E-state index contributed by atoms with van der Waals surface area (Å²) in [7, 11) is 0. The van der Waals surface area contributed by atoms with Gasteiger partial charge in [0.15, 0.2) is 0 Å². The van der Waals surface area contributed by atoms with E-state index in [0.29, 0.717) is 0 Å². The molecule has 0 amide bonds. The smallest absolute Gasteiger partial charge is 0.0326 e. The quantitative estimate of drug-likeness (QED) is 0.444. The standard InChI is InChI=1S/C8H12/c1-4-2-5-6-3-7(5)8(4)6/h4-8H,2-3H2,1H3. The molecule has 0 spiro atoms. The zero-order valence-corrected chi connectivity index (χ0v) is 5.30. The number of hydrogen-bond acceptors (Lipinski definition) is 0. The summed E-state index contributed by atoms with van der Waals surface area (Å²) in [6.07, 6.45) is 3.19. The Labute approximate surface area is 50.3 Å². The van der Waals surface area contributed by atoms with E-state index >= 15 is 0 Å². The predicted octanol–water partition coefficient (Wildman–Crippen LogP) is 1.91. The van der Waals surface area contributed by atoms with Crippen molar-refractivity contribution in [3.8, 4) is 0 Å². The molecule has 0 nitrogen and oxygen atoms in total. The third-order valence-electron chi connectivity index (χ3n) is 3.93. The minimum absolute atomic E-state index is 1.11. The maximum Gasteiger partial charge on any atom is -0.0326 e. The lowest BCUT2D eigenvalue weighted by atomic mass is 9.46. The highest BCUT2D eigenvalue weighted by Gasteiger charge is 2.67. The topological polar surface area (TPSA) is 0 Å². The van der Waals surface area contributed by atoms with Gasteiger partial charge in [0.25, 0.3) is 0 Å². The number of hydrogen-bond donors (Lipinski definition) is 0. The predicted molar refractivity (Wildman–Crippen MR) is 32.4 cm³/mol. The summed E-state index contributed by atoms with van der Waals surface area (Å²) in [6.45, 7) is 2.44. The van der Waals surface area contributed by atoms with E-state index < -0.39 is 0 Å². The van der Waals surface area contributed by atoms with Crippen LogP contribution in [0.2, 0.25) is 0 Å². The van der Waals surface area contributed by atoms with Crippen molar-refractivity contribution in [1.29, 1.82) is 0 Å².